The smallest absolute Gasteiger partial charge is 0.180 e. The Morgan fingerprint density at radius 3 is 2.67 bits per heavy atom. The van der Waals surface area contributed by atoms with E-state index in [1.807, 2.05) is 6.20 Å². The Hall–Kier alpha value is -0.360. The molecule has 1 aliphatic rings. The minimum Gasteiger partial charge on any atom is -0.375 e. The van der Waals surface area contributed by atoms with Crippen LogP contribution in [0.3, 0.4) is 0 Å². The second kappa shape index (κ2) is 5.65. The number of likely N-dealkylation sites (tertiary alicyclic amines) is 1. The highest BCUT2D eigenvalue weighted by Crippen LogP contribution is 2.18. The maximum absolute atomic E-state index is 5.84. The lowest BCUT2D eigenvalue weighted by atomic mass is 10.1. The zero-order valence-electron chi connectivity index (χ0n) is 8.56. The quantitative estimate of drug-likeness (QED) is 0.822. The van der Waals surface area contributed by atoms with E-state index >= 15 is 0 Å². The van der Waals surface area contributed by atoms with Crippen molar-refractivity contribution >= 4 is 28.9 Å². The van der Waals surface area contributed by atoms with E-state index in [4.69, 9.17) is 11.5 Å². The van der Waals surface area contributed by atoms with E-state index in [-0.39, 0.29) is 12.4 Å². The molecule has 0 saturated carbocycles. The summed E-state index contributed by atoms with van der Waals surface area (Å²) in [5.41, 5.74) is 11.4. The van der Waals surface area contributed by atoms with Gasteiger partial charge in [0, 0.05) is 23.7 Å². The molecule has 0 unspecified atom stereocenters. The van der Waals surface area contributed by atoms with Crippen molar-refractivity contribution in [2.75, 3.05) is 18.8 Å². The Kier molecular flexibility index (Phi) is 4.79. The van der Waals surface area contributed by atoms with Gasteiger partial charge in [0.1, 0.15) is 0 Å². The number of aromatic nitrogens is 1. The molecule has 4 N–H and O–H groups in total. The van der Waals surface area contributed by atoms with E-state index in [1.54, 1.807) is 11.3 Å². The predicted molar refractivity (Wildman–Crippen MR) is 66.3 cm³/mol. The SMILES string of the molecule is Cl.Nc1ncc(CN2CCC(N)CC2)s1. The molecule has 0 radical (unpaired) electrons. The van der Waals surface area contributed by atoms with Gasteiger partial charge in [0.25, 0.3) is 0 Å². The van der Waals surface area contributed by atoms with Gasteiger partial charge in [0.2, 0.25) is 0 Å². The van der Waals surface area contributed by atoms with Gasteiger partial charge in [0.15, 0.2) is 5.13 Å². The van der Waals surface area contributed by atoms with Gasteiger partial charge in [-0.25, -0.2) is 4.98 Å². The molecule has 1 saturated heterocycles. The lowest BCUT2D eigenvalue weighted by Crippen LogP contribution is -2.39. The zero-order chi connectivity index (χ0) is 9.97. The molecule has 86 valence electrons. The predicted octanol–water partition coefficient (Wildman–Crippen LogP) is 1.07. The van der Waals surface area contributed by atoms with Crippen LogP contribution in [0.4, 0.5) is 5.13 Å². The summed E-state index contributed by atoms with van der Waals surface area (Å²) in [6.45, 7) is 3.17. The summed E-state index contributed by atoms with van der Waals surface area (Å²) in [5, 5.41) is 0.661. The second-order valence-electron chi connectivity index (χ2n) is 3.78. The van der Waals surface area contributed by atoms with Crippen molar-refractivity contribution in [2.45, 2.75) is 25.4 Å². The van der Waals surface area contributed by atoms with E-state index in [1.165, 1.54) is 4.88 Å². The van der Waals surface area contributed by atoms with Crippen molar-refractivity contribution in [3.05, 3.63) is 11.1 Å². The van der Waals surface area contributed by atoms with E-state index in [9.17, 15) is 0 Å². The third-order valence-corrected chi connectivity index (χ3v) is 3.39. The number of nitrogens with two attached hydrogens (primary N) is 2. The van der Waals surface area contributed by atoms with Crippen molar-refractivity contribution in [3.8, 4) is 0 Å². The Labute approximate surface area is 100 Å². The summed E-state index contributed by atoms with van der Waals surface area (Å²) in [5.74, 6) is 0. The van der Waals surface area contributed by atoms with Crippen molar-refractivity contribution in [1.29, 1.82) is 0 Å². The first-order chi connectivity index (χ1) is 6.74. The van der Waals surface area contributed by atoms with Gasteiger partial charge in [-0.1, -0.05) is 0 Å². The summed E-state index contributed by atoms with van der Waals surface area (Å²) in [7, 11) is 0. The molecule has 1 aromatic heterocycles. The average molecular weight is 249 g/mol. The Bertz CT molecular complexity index is 296. The molecule has 4 nitrogen and oxygen atoms in total. The molecule has 0 amide bonds. The van der Waals surface area contributed by atoms with Crippen LogP contribution in [0.5, 0.6) is 0 Å². The summed E-state index contributed by atoms with van der Waals surface area (Å²) >= 11 is 1.58. The van der Waals surface area contributed by atoms with Crippen LogP contribution in [-0.2, 0) is 6.54 Å². The first-order valence-electron chi connectivity index (χ1n) is 4.92. The third-order valence-electron chi connectivity index (χ3n) is 2.58. The van der Waals surface area contributed by atoms with Gasteiger partial charge >= 0.3 is 0 Å². The Balaban J connectivity index is 0.00000112. The van der Waals surface area contributed by atoms with Gasteiger partial charge in [-0.2, -0.15) is 0 Å². The van der Waals surface area contributed by atoms with Crippen molar-refractivity contribution in [3.63, 3.8) is 0 Å². The van der Waals surface area contributed by atoms with E-state index in [0.717, 1.165) is 32.5 Å². The molecule has 1 fully saturated rings. The van der Waals surface area contributed by atoms with Crippen LogP contribution in [0.2, 0.25) is 0 Å². The molecule has 6 heteroatoms. The highest BCUT2D eigenvalue weighted by Gasteiger charge is 2.16. The van der Waals surface area contributed by atoms with Crippen molar-refractivity contribution in [2.24, 2.45) is 5.73 Å². The van der Waals surface area contributed by atoms with Crippen molar-refractivity contribution in [1.82, 2.24) is 9.88 Å². The molecule has 2 heterocycles. The fourth-order valence-electron chi connectivity index (χ4n) is 1.73. The van der Waals surface area contributed by atoms with Crippen LogP contribution in [0.15, 0.2) is 6.20 Å². The monoisotopic (exact) mass is 248 g/mol. The number of nitrogen functional groups attached to an aromatic ring is 1. The Morgan fingerprint density at radius 1 is 1.47 bits per heavy atom. The lowest BCUT2D eigenvalue weighted by Gasteiger charge is -2.29. The van der Waals surface area contributed by atoms with E-state index in [2.05, 4.69) is 9.88 Å². The number of hydrogen-bond donors (Lipinski definition) is 2. The minimum atomic E-state index is 0. The first-order valence-corrected chi connectivity index (χ1v) is 5.74. The number of hydrogen-bond acceptors (Lipinski definition) is 5. The standard InChI is InChI=1S/C9H16N4S.ClH/c10-7-1-3-13(4-2-7)6-8-5-12-9(11)14-8;/h5,7H,1-4,6,10H2,(H2,11,12);1H. The number of halogens is 1. The van der Waals surface area contributed by atoms with Crippen LogP contribution in [0.1, 0.15) is 17.7 Å². The van der Waals surface area contributed by atoms with Gasteiger partial charge < -0.3 is 11.5 Å². The fraction of sp³-hybridized carbons (Fsp3) is 0.667. The van der Waals surface area contributed by atoms with Gasteiger partial charge in [-0.3, -0.25) is 4.90 Å². The Morgan fingerprint density at radius 2 is 2.13 bits per heavy atom. The molecular formula is C9H17ClN4S. The molecule has 0 aromatic carbocycles. The zero-order valence-corrected chi connectivity index (χ0v) is 10.2. The molecule has 1 aromatic rings. The van der Waals surface area contributed by atoms with Crippen LogP contribution in [0.25, 0.3) is 0 Å². The van der Waals surface area contributed by atoms with Crippen LogP contribution in [0, 0.1) is 0 Å². The summed E-state index contributed by atoms with van der Waals surface area (Å²) in [6, 6.07) is 0.401. The number of nitrogens with zero attached hydrogens (tertiary/aromatic N) is 2. The first kappa shape index (κ1) is 12.7. The van der Waals surface area contributed by atoms with Gasteiger partial charge in [-0.15, -0.1) is 23.7 Å². The van der Waals surface area contributed by atoms with Crippen LogP contribution >= 0.6 is 23.7 Å². The lowest BCUT2D eigenvalue weighted by molar-refractivity contribution is 0.207. The van der Waals surface area contributed by atoms with Crippen LogP contribution in [-0.4, -0.2) is 29.0 Å². The highest BCUT2D eigenvalue weighted by molar-refractivity contribution is 7.15. The summed E-state index contributed by atoms with van der Waals surface area (Å²) < 4.78 is 0. The fourth-order valence-corrected chi connectivity index (χ4v) is 2.45. The molecule has 1 aliphatic heterocycles. The molecule has 0 atom stereocenters. The molecular weight excluding hydrogens is 232 g/mol. The summed E-state index contributed by atoms with van der Waals surface area (Å²) in [4.78, 5) is 7.70. The average Bonchev–Trinajstić information content (AvgIpc) is 2.56. The maximum atomic E-state index is 5.84. The number of thiazole rings is 1. The van der Waals surface area contributed by atoms with Gasteiger partial charge in [-0.05, 0) is 25.9 Å². The second-order valence-corrected chi connectivity index (χ2v) is 4.93. The number of anilines is 1. The molecule has 15 heavy (non-hydrogen) atoms. The summed E-state index contributed by atoms with van der Waals surface area (Å²) in [6.07, 6.45) is 4.08. The topological polar surface area (TPSA) is 68.2 Å². The number of piperidine rings is 1. The highest BCUT2D eigenvalue weighted by atomic mass is 35.5. The van der Waals surface area contributed by atoms with Crippen molar-refractivity contribution < 1.29 is 0 Å². The maximum Gasteiger partial charge on any atom is 0.180 e. The molecule has 0 bridgehead atoms. The third kappa shape index (κ3) is 3.61. The molecule has 0 spiro atoms. The molecule has 0 aliphatic carbocycles. The van der Waals surface area contributed by atoms with E-state index in [0.29, 0.717) is 11.2 Å². The largest absolute Gasteiger partial charge is 0.375 e. The van der Waals surface area contributed by atoms with E-state index < -0.39 is 0 Å². The normalized spacial score (nSPS) is 18.7. The number of rotatable bonds is 2. The molecule has 2 rings (SSSR count). The minimum absolute atomic E-state index is 0. The van der Waals surface area contributed by atoms with Gasteiger partial charge in [0.05, 0.1) is 0 Å². The van der Waals surface area contributed by atoms with Crippen LogP contribution < -0.4 is 11.5 Å².